The van der Waals surface area contributed by atoms with E-state index in [4.69, 9.17) is 0 Å². The first-order chi connectivity index (χ1) is 17.4. The predicted octanol–water partition coefficient (Wildman–Crippen LogP) is -5.18. The van der Waals surface area contributed by atoms with Gasteiger partial charge in [0.25, 0.3) is 0 Å². The minimum absolute atomic E-state index is 0. The zero-order chi connectivity index (χ0) is 26.6. The number of carbonyl (C=O) groups excluding carboxylic acids is 1. The molecule has 0 bridgehead atoms. The molecule has 1 fully saturated rings. The molecule has 0 aromatic heterocycles. The third-order valence-corrected chi connectivity index (χ3v) is 9.33. The van der Waals surface area contributed by atoms with E-state index in [1.165, 1.54) is 18.6 Å². The number of hydrogen-bond acceptors (Lipinski definition) is 8. The van der Waals surface area contributed by atoms with E-state index >= 15 is 0 Å². The van der Waals surface area contributed by atoms with E-state index in [2.05, 4.69) is 14.4 Å². The Balaban J connectivity index is 0.00000187. The summed E-state index contributed by atoms with van der Waals surface area (Å²) >= 11 is 0. The van der Waals surface area contributed by atoms with Gasteiger partial charge in [-0.3, -0.25) is 9.52 Å². The molecule has 1 atom stereocenters. The van der Waals surface area contributed by atoms with Crippen molar-refractivity contribution in [3.63, 3.8) is 0 Å². The van der Waals surface area contributed by atoms with Crippen LogP contribution in [-0.4, -0.2) is 35.4 Å². The van der Waals surface area contributed by atoms with Gasteiger partial charge in [0.05, 0.1) is 28.6 Å². The van der Waals surface area contributed by atoms with Gasteiger partial charge in [-0.2, -0.15) is 0 Å². The first-order valence-electron chi connectivity index (χ1n) is 12.2. The molecule has 1 saturated carbocycles. The molecule has 1 aliphatic heterocycles. The van der Waals surface area contributed by atoms with Crippen LogP contribution in [0, 0.1) is 5.92 Å². The van der Waals surface area contributed by atoms with Gasteiger partial charge in [0.1, 0.15) is 0 Å². The maximum Gasteiger partial charge on any atom is 1.00 e. The van der Waals surface area contributed by atoms with Crippen molar-refractivity contribution in [2.75, 3.05) is 16.3 Å². The molecule has 1 heterocycles. The molecule has 0 amide bonds. The van der Waals surface area contributed by atoms with E-state index in [0.29, 0.717) is 23.5 Å². The maximum absolute atomic E-state index is 14.1. The van der Waals surface area contributed by atoms with Crippen LogP contribution < -0.4 is 104 Å². The third kappa shape index (κ3) is 7.26. The quantitative estimate of drug-likeness (QED) is 0.320. The van der Waals surface area contributed by atoms with Gasteiger partial charge >= 0.3 is 88.7 Å². The van der Waals surface area contributed by atoms with Crippen LogP contribution in [0.4, 0.5) is 11.4 Å². The van der Waals surface area contributed by atoms with Crippen LogP contribution in [0.1, 0.15) is 56.6 Å². The molecule has 9 nitrogen and oxygen atoms in total. The summed E-state index contributed by atoms with van der Waals surface area (Å²) in [4.78, 5) is 13.8. The first-order valence-corrected chi connectivity index (χ1v) is 15.5. The van der Waals surface area contributed by atoms with Gasteiger partial charge in [-0.1, -0.05) is 62.1 Å². The van der Waals surface area contributed by atoms with Crippen LogP contribution in [0.2, 0.25) is 0 Å². The summed E-state index contributed by atoms with van der Waals surface area (Å²) in [5.41, 5.74) is -0.0862. The van der Waals surface area contributed by atoms with Crippen molar-refractivity contribution in [3.05, 3.63) is 59.2 Å². The average molecular weight is 612 g/mol. The van der Waals surface area contributed by atoms with E-state index in [0.717, 1.165) is 38.0 Å². The molecule has 5 rings (SSSR count). The molecule has 198 valence electrons. The number of benzene rings is 2. The van der Waals surface area contributed by atoms with Crippen LogP contribution in [0.3, 0.4) is 0 Å². The number of nitrogens with zero attached hydrogens (tertiary/aromatic N) is 1. The topological polar surface area (TPSA) is 157 Å². The van der Waals surface area contributed by atoms with Crippen molar-refractivity contribution in [3.8, 4) is 0 Å². The Morgan fingerprint density at radius 1 is 1.07 bits per heavy atom. The number of nitrogens with one attached hydrogen (secondary N) is 2. The van der Waals surface area contributed by atoms with Gasteiger partial charge in [0.2, 0.25) is 10.0 Å². The van der Waals surface area contributed by atoms with Crippen molar-refractivity contribution in [1.82, 2.24) is 0 Å². The smallest absolute Gasteiger partial charge is 0.871 e. The van der Waals surface area contributed by atoms with Crippen molar-refractivity contribution < 1.29 is 116 Å². The van der Waals surface area contributed by atoms with Crippen molar-refractivity contribution in [1.29, 1.82) is 0 Å². The second-order valence-electron chi connectivity index (χ2n) is 10.2. The van der Waals surface area contributed by atoms with Gasteiger partial charge in [-0.15, -0.1) is 0 Å². The minimum Gasteiger partial charge on any atom is -0.871 e. The first kappa shape index (κ1) is 36.3. The van der Waals surface area contributed by atoms with E-state index in [1.54, 1.807) is 12.1 Å². The van der Waals surface area contributed by atoms with E-state index in [1.807, 2.05) is 19.1 Å². The molecule has 1 unspecified atom stereocenters. The molecular formula is C26H28N3Na3O6S2. The molecule has 0 saturated heterocycles. The summed E-state index contributed by atoms with van der Waals surface area (Å²) < 4.78 is 55.5. The van der Waals surface area contributed by atoms with Crippen LogP contribution in [0.5, 0.6) is 0 Å². The molecule has 14 heteroatoms. The average Bonchev–Trinajstić information content (AvgIpc) is 2.83. The number of sulfonamides is 2. The number of carbonyl (C=O) groups is 1. The second kappa shape index (κ2) is 13.8. The van der Waals surface area contributed by atoms with E-state index < -0.39 is 37.8 Å². The Morgan fingerprint density at radius 2 is 1.73 bits per heavy atom. The fourth-order valence-electron chi connectivity index (χ4n) is 5.73. The molecule has 2 N–H and O–H groups in total. The predicted molar refractivity (Wildman–Crippen MR) is 140 cm³/mol. The number of anilines is 2. The molecule has 3 aliphatic rings. The SMILES string of the molecule is CC1(CC2CCCCC2)C(=O)C(C2=NS([O-])([O-])c3cc(NS(C)(=O)=O)ccc3N2)=C([O-])c2ccccc21.[Na+].[Na+].[Na+]. The molecule has 0 radical (unpaired) electrons. The molecular weight excluding hydrogens is 583 g/mol. The number of ketones is 1. The number of amidine groups is 1. The Labute approximate surface area is 303 Å². The third-order valence-electron chi connectivity index (χ3n) is 7.41. The van der Waals surface area contributed by atoms with Gasteiger partial charge < -0.3 is 30.3 Å². The number of fused-ring (bicyclic) bond motifs is 2. The Kier molecular flexibility index (Phi) is 12.6. The normalized spacial score (nSPS) is 22.6. The van der Waals surface area contributed by atoms with Crippen molar-refractivity contribution in [2.24, 2.45) is 10.3 Å². The molecule has 0 spiro atoms. The maximum atomic E-state index is 14.1. The van der Waals surface area contributed by atoms with Gasteiger partial charge in [0, 0.05) is 4.90 Å². The van der Waals surface area contributed by atoms with Gasteiger partial charge in [-0.25, -0.2) is 12.8 Å². The number of rotatable bonds is 5. The summed E-state index contributed by atoms with van der Waals surface area (Å²) in [5, 5.41) is 16.5. The minimum atomic E-state index is -4.34. The fraction of sp³-hybridized carbons (Fsp3) is 0.385. The summed E-state index contributed by atoms with van der Waals surface area (Å²) in [5.74, 6) is -0.989. The van der Waals surface area contributed by atoms with Crippen molar-refractivity contribution in [2.45, 2.75) is 55.8 Å². The van der Waals surface area contributed by atoms with E-state index in [-0.39, 0.29) is 116 Å². The molecule has 2 aromatic carbocycles. The molecule has 2 aromatic rings. The van der Waals surface area contributed by atoms with E-state index in [9.17, 15) is 27.4 Å². The summed E-state index contributed by atoms with van der Waals surface area (Å²) in [6.07, 6.45) is 6.92. The largest absolute Gasteiger partial charge is 1.00 e. The molecule has 40 heavy (non-hydrogen) atoms. The monoisotopic (exact) mass is 611 g/mol. The Morgan fingerprint density at radius 3 is 2.38 bits per heavy atom. The summed E-state index contributed by atoms with van der Waals surface area (Å²) in [6, 6.07) is 10.9. The zero-order valence-corrected chi connectivity index (χ0v) is 31.2. The number of Topliss-reactive ketones (excluding diaryl/α,β-unsaturated/α-hetero) is 1. The van der Waals surface area contributed by atoms with Crippen LogP contribution in [-0.2, 0) is 20.2 Å². The summed E-state index contributed by atoms with van der Waals surface area (Å²) in [7, 11) is -7.97. The second-order valence-corrected chi connectivity index (χ2v) is 13.6. The Hall–Kier alpha value is 0.140. The van der Waals surface area contributed by atoms with Crippen LogP contribution in [0.25, 0.3) is 5.76 Å². The fourth-order valence-corrected chi connectivity index (χ4v) is 7.43. The zero-order valence-electron chi connectivity index (χ0n) is 23.6. The van der Waals surface area contributed by atoms with Crippen molar-refractivity contribution >= 4 is 49.6 Å². The molecule has 2 aliphatic carbocycles. The van der Waals surface area contributed by atoms with Crippen LogP contribution >= 0.6 is 10.8 Å². The van der Waals surface area contributed by atoms with Crippen LogP contribution in [0.15, 0.2) is 57.3 Å². The number of hydrogen-bond donors (Lipinski definition) is 2. The standard InChI is InChI=1S/C26H31N3O6S2.3Na/c1-26(15-16-8-4-3-5-9-16)19-11-7-6-10-18(19)23(30)22(24(26)31)25-27-20-13-12-17(28-36(2,32)33)14-21(20)37(34,35)29-25;;;/h6-7,10-14,16,28,30,34-35H,3-5,8-9,15H2,1-2H3,(H,27,29);;;/q;3*+1/p-3. The van der Waals surface area contributed by atoms with Gasteiger partial charge in [0.15, 0.2) is 11.6 Å². The summed E-state index contributed by atoms with van der Waals surface area (Å²) in [6.45, 7) is 1.84. The van der Waals surface area contributed by atoms with Gasteiger partial charge in [-0.05, 0) is 48.6 Å². The Bertz CT molecular complexity index is 1460.